The van der Waals surface area contributed by atoms with Gasteiger partial charge in [0.05, 0.1) is 17.6 Å². The number of fused-ring (bicyclic) bond motifs is 3. The lowest BCUT2D eigenvalue weighted by atomic mass is 10.2. The molecule has 0 saturated carbocycles. The van der Waals surface area contributed by atoms with Gasteiger partial charge >= 0.3 is 5.97 Å². The number of ether oxygens (including phenoxy) is 1. The Morgan fingerprint density at radius 3 is 3.11 bits per heavy atom. The number of thiazole rings is 1. The Balaban J connectivity index is 2.18. The van der Waals surface area contributed by atoms with Gasteiger partial charge in [-0.1, -0.05) is 11.3 Å². The minimum absolute atomic E-state index is 0.342. The molecule has 19 heavy (non-hydrogen) atoms. The number of hydrogen-bond donors (Lipinski definition) is 0. The molecule has 3 rings (SSSR count). The summed E-state index contributed by atoms with van der Waals surface area (Å²) < 4.78 is 6.76. The van der Waals surface area contributed by atoms with E-state index in [0.717, 1.165) is 17.3 Å². The summed E-state index contributed by atoms with van der Waals surface area (Å²) >= 11 is 1.27. The molecule has 0 atom stereocenters. The fraction of sp³-hybridized carbons (Fsp3) is 0.154. The first-order valence-corrected chi connectivity index (χ1v) is 6.58. The fourth-order valence-corrected chi connectivity index (χ4v) is 2.79. The van der Waals surface area contributed by atoms with Gasteiger partial charge in [-0.3, -0.25) is 9.20 Å². The van der Waals surface area contributed by atoms with Gasteiger partial charge in [0.25, 0.3) is 0 Å². The van der Waals surface area contributed by atoms with Crippen molar-refractivity contribution in [1.82, 2.24) is 9.38 Å². The molecular weight excluding hydrogens is 264 g/mol. The van der Waals surface area contributed by atoms with Crippen molar-refractivity contribution in [3.05, 3.63) is 34.8 Å². The standard InChI is InChI=1S/C13H10N2O3S/c1-2-18-12(17)11-6-15-10-5-8(7-16)3-4-9(10)14-13(15)19-11/h3-7H,2H2,1H3. The molecule has 6 heteroatoms. The zero-order chi connectivity index (χ0) is 13.4. The molecule has 0 aliphatic rings. The maximum Gasteiger partial charge on any atom is 0.349 e. The molecule has 0 aliphatic heterocycles. The molecule has 1 aromatic carbocycles. The van der Waals surface area contributed by atoms with Crippen LogP contribution < -0.4 is 0 Å². The Morgan fingerprint density at radius 2 is 2.37 bits per heavy atom. The highest BCUT2D eigenvalue weighted by molar-refractivity contribution is 7.18. The predicted molar refractivity (Wildman–Crippen MR) is 71.9 cm³/mol. The van der Waals surface area contributed by atoms with Crippen LogP contribution in [0.4, 0.5) is 0 Å². The van der Waals surface area contributed by atoms with Crippen molar-refractivity contribution in [3.63, 3.8) is 0 Å². The van der Waals surface area contributed by atoms with Crippen molar-refractivity contribution in [2.24, 2.45) is 0 Å². The minimum Gasteiger partial charge on any atom is -0.462 e. The van der Waals surface area contributed by atoms with Crippen LogP contribution in [0.15, 0.2) is 24.4 Å². The molecule has 0 aliphatic carbocycles. The largest absolute Gasteiger partial charge is 0.462 e. The number of aromatic nitrogens is 2. The lowest BCUT2D eigenvalue weighted by molar-refractivity contribution is 0.0531. The molecule has 0 amide bonds. The maximum atomic E-state index is 11.7. The summed E-state index contributed by atoms with van der Waals surface area (Å²) in [4.78, 5) is 28.1. The van der Waals surface area contributed by atoms with E-state index >= 15 is 0 Å². The zero-order valence-corrected chi connectivity index (χ0v) is 10.9. The maximum absolute atomic E-state index is 11.7. The van der Waals surface area contributed by atoms with Crippen molar-refractivity contribution >= 4 is 39.6 Å². The molecule has 0 unspecified atom stereocenters. The van der Waals surface area contributed by atoms with E-state index in [1.54, 1.807) is 35.7 Å². The first kappa shape index (κ1) is 11.9. The van der Waals surface area contributed by atoms with Crippen LogP contribution in [-0.4, -0.2) is 28.2 Å². The number of imidazole rings is 1. The summed E-state index contributed by atoms with van der Waals surface area (Å²) in [6.07, 6.45) is 2.49. The van der Waals surface area contributed by atoms with Gasteiger partial charge in [0.1, 0.15) is 11.2 Å². The Kier molecular flexibility index (Phi) is 2.79. The molecule has 0 spiro atoms. The van der Waals surface area contributed by atoms with E-state index < -0.39 is 0 Å². The lowest BCUT2D eigenvalue weighted by Gasteiger charge is -1.96. The highest BCUT2D eigenvalue weighted by atomic mass is 32.1. The van der Waals surface area contributed by atoms with E-state index in [1.807, 2.05) is 0 Å². The van der Waals surface area contributed by atoms with Gasteiger partial charge in [-0.2, -0.15) is 0 Å². The van der Waals surface area contributed by atoms with E-state index in [2.05, 4.69) is 4.98 Å². The van der Waals surface area contributed by atoms with Crippen molar-refractivity contribution in [2.45, 2.75) is 6.92 Å². The molecule has 2 aromatic heterocycles. The first-order valence-electron chi connectivity index (χ1n) is 5.77. The smallest absolute Gasteiger partial charge is 0.349 e. The topological polar surface area (TPSA) is 60.7 Å². The van der Waals surface area contributed by atoms with Crippen LogP contribution in [0.2, 0.25) is 0 Å². The van der Waals surface area contributed by atoms with Crippen molar-refractivity contribution in [1.29, 1.82) is 0 Å². The second-order valence-electron chi connectivity index (χ2n) is 3.95. The number of rotatable bonds is 3. The van der Waals surface area contributed by atoms with E-state index in [4.69, 9.17) is 4.74 Å². The second-order valence-corrected chi connectivity index (χ2v) is 4.96. The summed E-state index contributed by atoms with van der Waals surface area (Å²) in [6.45, 7) is 2.11. The van der Waals surface area contributed by atoms with Gasteiger partial charge in [-0.15, -0.1) is 0 Å². The average Bonchev–Trinajstić information content (AvgIpc) is 2.95. The zero-order valence-electron chi connectivity index (χ0n) is 10.1. The summed E-state index contributed by atoms with van der Waals surface area (Å²) in [7, 11) is 0. The molecule has 2 heterocycles. The van der Waals surface area contributed by atoms with Crippen molar-refractivity contribution < 1.29 is 14.3 Å². The van der Waals surface area contributed by atoms with Crippen LogP contribution >= 0.6 is 11.3 Å². The number of carbonyl (C=O) groups is 2. The van der Waals surface area contributed by atoms with Crippen LogP contribution in [0.25, 0.3) is 16.0 Å². The van der Waals surface area contributed by atoms with Gasteiger partial charge in [0.2, 0.25) is 0 Å². The second kappa shape index (κ2) is 4.47. The van der Waals surface area contributed by atoms with Gasteiger partial charge in [0, 0.05) is 11.8 Å². The normalized spacial score (nSPS) is 11.0. The first-order chi connectivity index (χ1) is 9.22. The number of benzene rings is 1. The fourth-order valence-electron chi connectivity index (χ4n) is 1.90. The van der Waals surface area contributed by atoms with Crippen LogP contribution in [0.1, 0.15) is 27.0 Å². The van der Waals surface area contributed by atoms with Crippen LogP contribution in [-0.2, 0) is 4.74 Å². The molecule has 0 fully saturated rings. The molecule has 0 radical (unpaired) electrons. The Labute approximate surface area is 112 Å². The van der Waals surface area contributed by atoms with Gasteiger partial charge in [0.15, 0.2) is 4.96 Å². The minimum atomic E-state index is -0.349. The van der Waals surface area contributed by atoms with Crippen LogP contribution in [0.3, 0.4) is 0 Å². The summed E-state index contributed by atoms with van der Waals surface area (Å²) in [6, 6.07) is 5.27. The molecule has 5 nitrogen and oxygen atoms in total. The van der Waals surface area contributed by atoms with Gasteiger partial charge < -0.3 is 4.74 Å². The molecule has 0 saturated heterocycles. The van der Waals surface area contributed by atoms with E-state index in [1.165, 1.54) is 11.3 Å². The number of nitrogens with zero attached hydrogens (tertiary/aromatic N) is 2. The summed E-state index contributed by atoms with van der Waals surface area (Å²) in [5.41, 5.74) is 2.19. The molecular formula is C13H10N2O3S. The van der Waals surface area contributed by atoms with Gasteiger partial charge in [-0.25, -0.2) is 9.78 Å². The highest BCUT2D eigenvalue weighted by Gasteiger charge is 2.14. The van der Waals surface area contributed by atoms with E-state index in [9.17, 15) is 9.59 Å². The molecule has 0 bridgehead atoms. The lowest BCUT2D eigenvalue weighted by Crippen LogP contribution is -2.01. The SMILES string of the molecule is CCOC(=O)c1cn2c(nc3ccc(C=O)cc32)s1. The van der Waals surface area contributed by atoms with Crippen LogP contribution in [0.5, 0.6) is 0 Å². The third-order valence-corrected chi connectivity index (χ3v) is 3.70. The number of esters is 1. The van der Waals surface area contributed by atoms with E-state index in [0.29, 0.717) is 22.0 Å². The van der Waals surface area contributed by atoms with Gasteiger partial charge in [-0.05, 0) is 25.1 Å². The average molecular weight is 274 g/mol. The van der Waals surface area contributed by atoms with Crippen LogP contribution in [0, 0.1) is 0 Å². The molecule has 3 aromatic rings. The Morgan fingerprint density at radius 1 is 1.53 bits per heavy atom. The molecule has 0 N–H and O–H groups in total. The third-order valence-electron chi connectivity index (χ3n) is 2.74. The third kappa shape index (κ3) is 1.90. The van der Waals surface area contributed by atoms with E-state index in [-0.39, 0.29) is 5.97 Å². The number of aldehydes is 1. The predicted octanol–water partition coefficient (Wildman–Crippen LogP) is 2.54. The van der Waals surface area contributed by atoms with Crippen molar-refractivity contribution in [3.8, 4) is 0 Å². The monoisotopic (exact) mass is 274 g/mol. The number of carbonyl (C=O) groups excluding carboxylic acids is 2. The number of hydrogen-bond acceptors (Lipinski definition) is 5. The summed E-state index contributed by atoms with van der Waals surface area (Å²) in [5, 5.41) is 0. The quantitative estimate of drug-likeness (QED) is 0.544. The Hall–Kier alpha value is -2.21. The molecule has 96 valence electrons. The Bertz CT molecular complexity index is 788. The van der Waals surface area contributed by atoms with Crippen molar-refractivity contribution in [2.75, 3.05) is 6.61 Å². The summed E-state index contributed by atoms with van der Waals surface area (Å²) in [5.74, 6) is -0.349. The highest BCUT2D eigenvalue weighted by Crippen LogP contribution is 2.24.